The van der Waals surface area contributed by atoms with Crippen molar-refractivity contribution in [1.29, 1.82) is 0 Å². The van der Waals surface area contributed by atoms with Gasteiger partial charge in [-0.15, -0.1) is 12.4 Å². The largest absolute Gasteiger partial charge is 0.381 e. The summed E-state index contributed by atoms with van der Waals surface area (Å²) in [6.07, 6.45) is 1.14. The van der Waals surface area contributed by atoms with Crippen molar-refractivity contribution in [2.24, 2.45) is 11.1 Å². The predicted molar refractivity (Wildman–Crippen MR) is 111 cm³/mol. The van der Waals surface area contributed by atoms with Crippen LogP contribution in [0.15, 0.2) is 59.5 Å². The van der Waals surface area contributed by atoms with E-state index in [1.807, 2.05) is 6.07 Å². The van der Waals surface area contributed by atoms with Crippen LogP contribution in [-0.4, -0.2) is 34.1 Å². The summed E-state index contributed by atoms with van der Waals surface area (Å²) in [5, 5.41) is 2.84. The Bertz CT molecular complexity index is 883. The summed E-state index contributed by atoms with van der Waals surface area (Å²) in [4.78, 5) is 12.8. The molecular weight excluding hydrogens is 402 g/mol. The molecule has 1 heterocycles. The van der Waals surface area contributed by atoms with Gasteiger partial charge in [-0.1, -0.05) is 18.2 Å². The first kappa shape index (κ1) is 22.2. The Hall–Kier alpha value is -2.13. The molecule has 0 spiro atoms. The minimum atomic E-state index is -3.70. The Morgan fingerprint density at radius 1 is 1.00 bits per heavy atom. The van der Waals surface area contributed by atoms with Crippen LogP contribution in [0.1, 0.15) is 12.8 Å². The Labute approximate surface area is 171 Å². The topological polar surface area (TPSA) is 111 Å². The van der Waals surface area contributed by atoms with E-state index in [0.717, 1.165) is 0 Å². The lowest BCUT2D eigenvalue weighted by molar-refractivity contribution is -0.130. The lowest BCUT2D eigenvalue weighted by Gasteiger charge is -2.34. The van der Waals surface area contributed by atoms with E-state index in [1.165, 1.54) is 12.1 Å². The molecule has 0 aromatic heterocycles. The molecule has 2 aromatic carbocycles. The second kappa shape index (κ2) is 9.38. The summed E-state index contributed by atoms with van der Waals surface area (Å²) in [6, 6.07) is 14.7. The molecule has 1 saturated heterocycles. The standard InChI is InChI=1S/C19H23N3O4S.ClH/c20-14-19(10-12-26-13-11-19)18(23)21-15-6-8-17(9-7-15)27(24,25)22-16-4-2-1-3-5-16;/h1-9,22H,10-14,20H2,(H,21,23);1H. The van der Waals surface area contributed by atoms with Crippen LogP contribution in [0.4, 0.5) is 11.4 Å². The first-order valence-corrected chi connectivity index (χ1v) is 10.2. The van der Waals surface area contributed by atoms with E-state index in [9.17, 15) is 13.2 Å². The number of nitrogens with one attached hydrogen (secondary N) is 2. The van der Waals surface area contributed by atoms with Crippen LogP contribution in [0.3, 0.4) is 0 Å². The number of ether oxygens (including phenoxy) is 1. The van der Waals surface area contributed by atoms with E-state index in [1.54, 1.807) is 36.4 Å². The van der Waals surface area contributed by atoms with Gasteiger partial charge in [0.05, 0.1) is 10.3 Å². The van der Waals surface area contributed by atoms with Gasteiger partial charge >= 0.3 is 0 Å². The second-order valence-electron chi connectivity index (χ2n) is 6.55. The molecule has 1 aliphatic heterocycles. The van der Waals surface area contributed by atoms with Crippen molar-refractivity contribution in [3.8, 4) is 0 Å². The molecule has 0 aliphatic carbocycles. The summed E-state index contributed by atoms with van der Waals surface area (Å²) in [5.41, 5.74) is 6.21. The van der Waals surface area contributed by atoms with Gasteiger partial charge in [-0.3, -0.25) is 9.52 Å². The minimum Gasteiger partial charge on any atom is -0.381 e. The van der Waals surface area contributed by atoms with Crippen molar-refractivity contribution in [3.05, 3.63) is 54.6 Å². The number of carbonyl (C=O) groups is 1. The van der Waals surface area contributed by atoms with Crippen LogP contribution in [-0.2, 0) is 19.6 Å². The molecule has 2 aromatic rings. The van der Waals surface area contributed by atoms with Crippen molar-refractivity contribution in [3.63, 3.8) is 0 Å². The van der Waals surface area contributed by atoms with E-state index < -0.39 is 15.4 Å². The van der Waals surface area contributed by atoms with Gasteiger partial charge in [-0.2, -0.15) is 0 Å². The average molecular weight is 426 g/mol. The number of nitrogens with two attached hydrogens (primary N) is 1. The Kier molecular flexibility index (Phi) is 7.42. The Morgan fingerprint density at radius 2 is 1.61 bits per heavy atom. The third-order valence-corrected chi connectivity index (χ3v) is 6.17. The van der Waals surface area contributed by atoms with Crippen LogP contribution in [0, 0.1) is 5.41 Å². The van der Waals surface area contributed by atoms with Crippen molar-refractivity contribution in [2.75, 3.05) is 29.8 Å². The molecule has 1 fully saturated rings. The van der Waals surface area contributed by atoms with Gasteiger partial charge in [0.1, 0.15) is 0 Å². The van der Waals surface area contributed by atoms with E-state index in [0.29, 0.717) is 37.4 Å². The normalized spacial score (nSPS) is 15.9. The summed E-state index contributed by atoms with van der Waals surface area (Å²) in [5.74, 6) is -0.161. The predicted octanol–water partition coefficient (Wildman–Crippen LogP) is 2.60. The second-order valence-corrected chi connectivity index (χ2v) is 8.23. The number of para-hydroxylation sites is 1. The number of halogens is 1. The molecule has 0 atom stereocenters. The van der Waals surface area contributed by atoms with Gasteiger partial charge in [0.25, 0.3) is 10.0 Å². The van der Waals surface area contributed by atoms with Gasteiger partial charge in [-0.05, 0) is 49.2 Å². The van der Waals surface area contributed by atoms with Gasteiger partial charge in [0.15, 0.2) is 0 Å². The molecule has 152 valence electrons. The number of benzene rings is 2. The van der Waals surface area contributed by atoms with Crippen molar-refractivity contribution < 1.29 is 17.9 Å². The number of anilines is 2. The fourth-order valence-corrected chi connectivity index (χ4v) is 4.05. The maximum Gasteiger partial charge on any atom is 0.261 e. The fraction of sp³-hybridized carbons (Fsp3) is 0.316. The molecule has 1 amide bonds. The van der Waals surface area contributed by atoms with E-state index in [4.69, 9.17) is 10.5 Å². The van der Waals surface area contributed by atoms with Gasteiger partial charge in [0.2, 0.25) is 5.91 Å². The Morgan fingerprint density at radius 3 is 2.18 bits per heavy atom. The third-order valence-electron chi connectivity index (χ3n) is 4.77. The summed E-state index contributed by atoms with van der Waals surface area (Å²) in [6.45, 7) is 1.26. The smallest absolute Gasteiger partial charge is 0.261 e. The first-order chi connectivity index (χ1) is 13.0. The quantitative estimate of drug-likeness (QED) is 0.658. The lowest BCUT2D eigenvalue weighted by Crippen LogP contribution is -2.46. The monoisotopic (exact) mass is 425 g/mol. The molecule has 28 heavy (non-hydrogen) atoms. The molecule has 7 nitrogen and oxygen atoms in total. The zero-order valence-electron chi connectivity index (χ0n) is 15.3. The van der Waals surface area contributed by atoms with Gasteiger partial charge in [-0.25, -0.2) is 8.42 Å². The van der Waals surface area contributed by atoms with Gasteiger partial charge in [0, 0.05) is 31.1 Å². The van der Waals surface area contributed by atoms with Crippen LogP contribution in [0.25, 0.3) is 0 Å². The fourth-order valence-electron chi connectivity index (χ4n) is 2.99. The molecule has 1 aliphatic rings. The molecule has 4 N–H and O–H groups in total. The van der Waals surface area contributed by atoms with Gasteiger partial charge < -0.3 is 15.8 Å². The highest BCUT2D eigenvalue weighted by Gasteiger charge is 2.38. The van der Waals surface area contributed by atoms with Crippen molar-refractivity contribution in [1.82, 2.24) is 0 Å². The zero-order chi connectivity index (χ0) is 19.3. The SMILES string of the molecule is Cl.NCC1(C(=O)Nc2ccc(S(=O)(=O)Nc3ccccc3)cc2)CCOCC1. The molecule has 3 rings (SSSR count). The number of amides is 1. The van der Waals surface area contributed by atoms with E-state index >= 15 is 0 Å². The number of hydrogen-bond acceptors (Lipinski definition) is 5. The molecule has 9 heteroatoms. The summed E-state index contributed by atoms with van der Waals surface area (Å²) >= 11 is 0. The maximum atomic E-state index is 12.7. The number of hydrogen-bond donors (Lipinski definition) is 3. The van der Waals surface area contributed by atoms with Crippen molar-refractivity contribution >= 4 is 39.7 Å². The maximum absolute atomic E-state index is 12.7. The summed E-state index contributed by atoms with van der Waals surface area (Å²) in [7, 11) is -3.70. The molecule has 0 radical (unpaired) electrons. The average Bonchev–Trinajstić information content (AvgIpc) is 2.69. The highest BCUT2D eigenvalue weighted by Crippen LogP contribution is 2.31. The number of sulfonamides is 1. The number of carbonyl (C=O) groups excluding carboxylic acids is 1. The van der Waals surface area contributed by atoms with Crippen molar-refractivity contribution in [2.45, 2.75) is 17.7 Å². The van der Waals surface area contributed by atoms with E-state index in [2.05, 4.69) is 10.0 Å². The molecule has 0 saturated carbocycles. The minimum absolute atomic E-state index is 0. The molecular formula is C19H24ClN3O4S. The van der Waals surface area contributed by atoms with Crippen LogP contribution >= 0.6 is 12.4 Å². The zero-order valence-corrected chi connectivity index (χ0v) is 16.9. The third kappa shape index (κ3) is 5.02. The molecule has 0 unspecified atom stereocenters. The van der Waals surface area contributed by atoms with Crippen LogP contribution in [0.2, 0.25) is 0 Å². The van der Waals surface area contributed by atoms with Crippen LogP contribution in [0.5, 0.6) is 0 Å². The van der Waals surface area contributed by atoms with E-state index in [-0.39, 0.29) is 29.8 Å². The lowest BCUT2D eigenvalue weighted by atomic mass is 9.79. The molecule has 0 bridgehead atoms. The highest BCUT2D eigenvalue weighted by atomic mass is 35.5. The Balaban J connectivity index is 0.00000280. The highest BCUT2D eigenvalue weighted by molar-refractivity contribution is 7.92. The first-order valence-electron chi connectivity index (χ1n) is 8.72. The summed E-state index contributed by atoms with van der Waals surface area (Å²) < 4.78 is 32.7. The number of rotatable bonds is 6. The van der Waals surface area contributed by atoms with Crippen LogP contribution < -0.4 is 15.8 Å².